The first-order valence-electron chi connectivity index (χ1n) is 8.55. The summed E-state index contributed by atoms with van der Waals surface area (Å²) in [6.45, 7) is 1.63. The first-order chi connectivity index (χ1) is 12.6. The van der Waals surface area contributed by atoms with Crippen molar-refractivity contribution < 1.29 is 19.1 Å². The van der Waals surface area contributed by atoms with Gasteiger partial charge in [-0.1, -0.05) is 0 Å². The summed E-state index contributed by atoms with van der Waals surface area (Å²) in [7, 11) is 3.06. The lowest BCUT2D eigenvalue weighted by Gasteiger charge is -2.15. The van der Waals surface area contributed by atoms with Gasteiger partial charge in [0, 0.05) is 30.4 Å². The smallest absolute Gasteiger partial charge is 0.259 e. The summed E-state index contributed by atoms with van der Waals surface area (Å²) < 4.78 is 10.4. The molecule has 1 saturated heterocycles. The van der Waals surface area contributed by atoms with Crippen molar-refractivity contribution in [3.8, 4) is 11.5 Å². The lowest BCUT2D eigenvalue weighted by Crippen LogP contribution is -2.27. The quantitative estimate of drug-likeness (QED) is 0.895. The van der Waals surface area contributed by atoms with Crippen molar-refractivity contribution in [1.82, 2.24) is 4.90 Å². The van der Waals surface area contributed by atoms with Gasteiger partial charge in [-0.05, 0) is 49.2 Å². The minimum absolute atomic E-state index is 0.0391. The second kappa shape index (κ2) is 7.91. The summed E-state index contributed by atoms with van der Waals surface area (Å²) in [4.78, 5) is 26.7. The third-order valence-corrected chi connectivity index (χ3v) is 4.44. The Kier molecular flexibility index (Phi) is 5.41. The number of amides is 2. The molecule has 0 radical (unpaired) electrons. The Hall–Kier alpha value is -3.02. The molecule has 0 unspecified atom stereocenters. The second-order valence-electron chi connectivity index (χ2n) is 6.10. The predicted octanol–water partition coefficient (Wildman–Crippen LogP) is 3.19. The van der Waals surface area contributed by atoms with E-state index in [-0.39, 0.29) is 11.8 Å². The Bertz CT molecular complexity index is 796. The van der Waals surface area contributed by atoms with Crippen LogP contribution in [0.1, 0.15) is 33.6 Å². The van der Waals surface area contributed by atoms with Crippen LogP contribution in [0.5, 0.6) is 11.5 Å². The molecular weight excluding hydrogens is 332 g/mol. The van der Waals surface area contributed by atoms with Crippen LogP contribution in [0.2, 0.25) is 0 Å². The molecule has 0 bridgehead atoms. The highest BCUT2D eigenvalue weighted by molar-refractivity contribution is 6.06. The largest absolute Gasteiger partial charge is 0.497 e. The average Bonchev–Trinajstić information content (AvgIpc) is 3.22. The number of benzene rings is 2. The van der Waals surface area contributed by atoms with Gasteiger partial charge in [0.15, 0.2) is 0 Å². The summed E-state index contributed by atoms with van der Waals surface area (Å²) >= 11 is 0. The van der Waals surface area contributed by atoms with E-state index in [4.69, 9.17) is 9.47 Å². The number of carbonyl (C=O) groups excluding carboxylic acids is 2. The van der Waals surface area contributed by atoms with Gasteiger partial charge in [0.2, 0.25) is 0 Å². The van der Waals surface area contributed by atoms with Crippen LogP contribution in [0.25, 0.3) is 0 Å². The van der Waals surface area contributed by atoms with Crippen LogP contribution in [-0.2, 0) is 0 Å². The fourth-order valence-corrected chi connectivity index (χ4v) is 2.98. The van der Waals surface area contributed by atoms with Crippen LogP contribution in [-0.4, -0.2) is 44.0 Å². The standard InChI is InChI=1S/C20H22N2O4/c1-25-16-9-10-17(18(13-16)26-2)19(23)21-15-7-5-14(6-8-15)20(24)22-11-3-4-12-22/h5-10,13H,3-4,11-12H2,1-2H3,(H,21,23). The molecule has 0 spiro atoms. The Morgan fingerprint density at radius 1 is 0.962 bits per heavy atom. The van der Waals surface area contributed by atoms with Crippen molar-refractivity contribution in [2.75, 3.05) is 32.6 Å². The van der Waals surface area contributed by atoms with Crippen LogP contribution >= 0.6 is 0 Å². The van der Waals surface area contributed by atoms with Gasteiger partial charge in [0.25, 0.3) is 11.8 Å². The highest BCUT2D eigenvalue weighted by Gasteiger charge is 2.19. The Morgan fingerprint density at radius 3 is 2.27 bits per heavy atom. The van der Waals surface area contributed by atoms with Gasteiger partial charge in [-0.15, -0.1) is 0 Å². The van der Waals surface area contributed by atoms with Gasteiger partial charge in [-0.2, -0.15) is 0 Å². The summed E-state index contributed by atoms with van der Waals surface area (Å²) in [5.41, 5.74) is 1.66. The molecule has 1 aliphatic heterocycles. The third kappa shape index (κ3) is 3.79. The zero-order valence-electron chi connectivity index (χ0n) is 15.0. The van der Waals surface area contributed by atoms with Crippen LogP contribution < -0.4 is 14.8 Å². The molecule has 3 rings (SSSR count). The van der Waals surface area contributed by atoms with Gasteiger partial charge in [0.05, 0.1) is 19.8 Å². The van der Waals surface area contributed by atoms with E-state index in [1.54, 1.807) is 49.6 Å². The molecule has 6 nitrogen and oxygen atoms in total. The summed E-state index contributed by atoms with van der Waals surface area (Å²) in [6, 6.07) is 12.0. The lowest BCUT2D eigenvalue weighted by atomic mass is 10.1. The van der Waals surface area contributed by atoms with Crippen LogP contribution in [0, 0.1) is 0 Å². The molecular formula is C20H22N2O4. The molecule has 1 fully saturated rings. The molecule has 1 aliphatic rings. The minimum atomic E-state index is -0.289. The zero-order valence-corrected chi connectivity index (χ0v) is 15.0. The highest BCUT2D eigenvalue weighted by Crippen LogP contribution is 2.25. The van der Waals surface area contributed by atoms with Crippen molar-refractivity contribution in [2.45, 2.75) is 12.8 Å². The average molecular weight is 354 g/mol. The SMILES string of the molecule is COc1ccc(C(=O)Nc2ccc(C(=O)N3CCCC3)cc2)c(OC)c1. The second-order valence-corrected chi connectivity index (χ2v) is 6.10. The number of likely N-dealkylation sites (tertiary alicyclic amines) is 1. The van der Waals surface area contributed by atoms with E-state index in [2.05, 4.69) is 5.32 Å². The number of nitrogens with one attached hydrogen (secondary N) is 1. The maximum atomic E-state index is 12.5. The van der Waals surface area contributed by atoms with Crippen molar-refractivity contribution >= 4 is 17.5 Å². The lowest BCUT2D eigenvalue weighted by molar-refractivity contribution is 0.0792. The van der Waals surface area contributed by atoms with Crippen molar-refractivity contribution in [2.24, 2.45) is 0 Å². The van der Waals surface area contributed by atoms with Crippen molar-refractivity contribution in [3.05, 3.63) is 53.6 Å². The first-order valence-corrected chi connectivity index (χ1v) is 8.55. The topological polar surface area (TPSA) is 67.9 Å². The van der Waals surface area contributed by atoms with Gasteiger partial charge in [0.1, 0.15) is 11.5 Å². The maximum Gasteiger partial charge on any atom is 0.259 e. The summed E-state index contributed by atoms with van der Waals surface area (Å²) in [5.74, 6) is 0.797. The zero-order chi connectivity index (χ0) is 18.5. The van der Waals surface area contributed by atoms with Crippen LogP contribution in [0.4, 0.5) is 5.69 Å². The number of carbonyl (C=O) groups is 2. The number of hydrogen-bond acceptors (Lipinski definition) is 4. The summed E-state index contributed by atoms with van der Waals surface area (Å²) in [5, 5.41) is 2.82. The van der Waals surface area contributed by atoms with Gasteiger partial charge >= 0.3 is 0 Å². The monoisotopic (exact) mass is 354 g/mol. The molecule has 0 aromatic heterocycles. The number of methoxy groups -OCH3 is 2. The third-order valence-electron chi connectivity index (χ3n) is 4.44. The molecule has 1 N–H and O–H groups in total. The number of anilines is 1. The van der Waals surface area contributed by atoms with E-state index in [9.17, 15) is 9.59 Å². The molecule has 0 atom stereocenters. The molecule has 0 saturated carbocycles. The predicted molar refractivity (Wildman–Crippen MR) is 99.1 cm³/mol. The number of ether oxygens (including phenoxy) is 2. The van der Waals surface area contributed by atoms with E-state index >= 15 is 0 Å². The van der Waals surface area contributed by atoms with E-state index < -0.39 is 0 Å². The molecule has 2 amide bonds. The van der Waals surface area contributed by atoms with E-state index in [1.165, 1.54) is 7.11 Å². The number of rotatable bonds is 5. The Morgan fingerprint density at radius 2 is 1.65 bits per heavy atom. The van der Waals surface area contributed by atoms with Crippen LogP contribution in [0.15, 0.2) is 42.5 Å². The number of hydrogen-bond donors (Lipinski definition) is 1. The normalized spacial score (nSPS) is 13.4. The minimum Gasteiger partial charge on any atom is -0.497 e. The highest BCUT2D eigenvalue weighted by atomic mass is 16.5. The Balaban J connectivity index is 1.71. The molecule has 2 aromatic carbocycles. The molecule has 1 heterocycles. The van der Waals surface area contributed by atoms with Crippen molar-refractivity contribution in [3.63, 3.8) is 0 Å². The van der Waals surface area contributed by atoms with E-state index in [0.717, 1.165) is 25.9 Å². The molecule has 0 aliphatic carbocycles. The fourth-order valence-electron chi connectivity index (χ4n) is 2.98. The fraction of sp³-hybridized carbons (Fsp3) is 0.300. The maximum absolute atomic E-state index is 12.5. The molecule has 2 aromatic rings. The first kappa shape index (κ1) is 17.8. The molecule has 136 valence electrons. The molecule has 6 heteroatoms. The summed E-state index contributed by atoms with van der Waals surface area (Å²) in [6.07, 6.45) is 2.12. The van der Waals surface area contributed by atoms with Crippen LogP contribution in [0.3, 0.4) is 0 Å². The molecule has 26 heavy (non-hydrogen) atoms. The van der Waals surface area contributed by atoms with E-state index in [1.807, 2.05) is 4.90 Å². The Labute approximate surface area is 152 Å². The van der Waals surface area contributed by atoms with Gasteiger partial charge < -0.3 is 19.7 Å². The van der Waals surface area contributed by atoms with Gasteiger partial charge in [-0.25, -0.2) is 0 Å². The van der Waals surface area contributed by atoms with Crippen molar-refractivity contribution in [1.29, 1.82) is 0 Å². The number of nitrogens with zero attached hydrogens (tertiary/aromatic N) is 1. The van der Waals surface area contributed by atoms with Gasteiger partial charge in [-0.3, -0.25) is 9.59 Å². The van der Waals surface area contributed by atoms with E-state index in [0.29, 0.717) is 28.3 Å².